The molecule has 0 aliphatic carbocycles. The van der Waals surface area contributed by atoms with Crippen molar-refractivity contribution in [1.82, 2.24) is 14.7 Å². The number of rotatable bonds is 6. The summed E-state index contributed by atoms with van der Waals surface area (Å²) >= 11 is 0. The predicted molar refractivity (Wildman–Crippen MR) is 162 cm³/mol. The van der Waals surface area contributed by atoms with Gasteiger partial charge in [0.25, 0.3) is 0 Å². The molecular formula is C33H35N5O4. The van der Waals surface area contributed by atoms with Crippen molar-refractivity contribution in [1.29, 1.82) is 5.26 Å². The second-order valence-electron chi connectivity index (χ2n) is 11.6. The molecule has 0 bridgehead atoms. The number of nitriles is 1. The lowest BCUT2D eigenvalue weighted by Gasteiger charge is -2.34. The molecule has 0 N–H and O–H groups in total. The molecule has 2 heterocycles. The van der Waals surface area contributed by atoms with Gasteiger partial charge in [-0.05, 0) is 89.9 Å². The Kier molecular flexibility index (Phi) is 8.16. The Morgan fingerprint density at radius 1 is 1.05 bits per heavy atom. The van der Waals surface area contributed by atoms with E-state index in [1.54, 1.807) is 11.0 Å². The maximum Gasteiger partial charge on any atom is 0.410 e. The second-order valence-corrected chi connectivity index (χ2v) is 11.6. The number of carbonyl (C=O) groups is 1. The van der Waals surface area contributed by atoms with Crippen LogP contribution in [-0.2, 0) is 4.74 Å². The van der Waals surface area contributed by atoms with Crippen LogP contribution in [0.1, 0.15) is 59.1 Å². The summed E-state index contributed by atoms with van der Waals surface area (Å²) in [5.41, 5.74) is 2.90. The number of benzene rings is 3. The first-order valence-electron chi connectivity index (χ1n) is 14.1. The van der Waals surface area contributed by atoms with Gasteiger partial charge in [-0.25, -0.2) is 4.79 Å². The van der Waals surface area contributed by atoms with E-state index in [-0.39, 0.29) is 12.1 Å². The number of piperidine rings is 1. The Morgan fingerprint density at radius 2 is 1.76 bits per heavy atom. The highest BCUT2D eigenvalue weighted by atomic mass is 16.6. The Hall–Kier alpha value is -4.84. The van der Waals surface area contributed by atoms with Crippen molar-refractivity contribution in [2.24, 2.45) is 5.16 Å². The average molecular weight is 566 g/mol. The monoisotopic (exact) mass is 565 g/mol. The summed E-state index contributed by atoms with van der Waals surface area (Å²) in [6.07, 6.45) is 1.31. The summed E-state index contributed by atoms with van der Waals surface area (Å²) in [4.78, 5) is 20.3. The molecule has 9 heteroatoms. The second kappa shape index (κ2) is 12.0. The molecule has 216 valence electrons. The Bertz CT molecular complexity index is 1640. The van der Waals surface area contributed by atoms with Gasteiger partial charge in [-0.2, -0.15) is 10.4 Å². The van der Waals surface area contributed by atoms with Crippen molar-refractivity contribution in [3.63, 3.8) is 0 Å². The first-order chi connectivity index (χ1) is 20.1. The molecule has 0 radical (unpaired) electrons. The summed E-state index contributed by atoms with van der Waals surface area (Å²) in [5.74, 6) is 1.81. The zero-order chi connectivity index (χ0) is 29.9. The normalized spacial score (nSPS) is 15.1. The number of ether oxygens (including phenoxy) is 2. The number of fused-ring (bicyclic) bond motifs is 1. The van der Waals surface area contributed by atoms with Crippen molar-refractivity contribution >= 4 is 22.7 Å². The average Bonchev–Trinajstić information content (AvgIpc) is 3.34. The van der Waals surface area contributed by atoms with Crippen molar-refractivity contribution in [2.75, 3.05) is 13.1 Å². The minimum atomic E-state index is -0.580. The van der Waals surface area contributed by atoms with Crippen LogP contribution in [0.2, 0.25) is 0 Å². The van der Waals surface area contributed by atoms with Gasteiger partial charge in [0, 0.05) is 30.1 Å². The summed E-state index contributed by atoms with van der Waals surface area (Å²) < 4.78 is 13.6. The van der Waals surface area contributed by atoms with Crippen LogP contribution in [0.15, 0.2) is 71.9 Å². The molecule has 42 heavy (non-hydrogen) atoms. The topological polar surface area (TPSA) is 102 Å². The maximum absolute atomic E-state index is 12.9. The number of likely N-dealkylation sites (tertiary alicyclic amines) is 1. The van der Waals surface area contributed by atoms with E-state index < -0.39 is 5.60 Å². The van der Waals surface area contributed by atoms with Crippen molar-refractivity contribution in [3.8, 4) is 34.6 Å². The molecule has 1 aromatic heterocycles. The summed E-state index contributed by atoms with van der Waals surface area (Å²) in [6, 6.07) is 23.1. The molecule has 1 aliphatic heterocycles. The van der Waals surface area contributed by atoms with Gasteiger partial charge in [-0.1, -0.05) is 23.4 Å². The van der Waals surface area contributed by atoms with Gasteiger partial charge >= 0.3 is 6.09 Å². The Morgan fingerprint density at radius 3 is 2.43 bits per heavy atom. The number of amides is 1. The summed E-state index contributed by atoms with van der Waals surface area (Å²) in [5, 5.41) is 19.9. The number of hydrogen-bond acceptors (Lipinski definition) is 7. The highest BCUT2D eigenvalue weighted by Gasteiger charge is 2.30. The minimum Gasteiger partial charge on any atom is -0.457 e. The van der Waals surface area contributed by atoms with Crippen LogP contribution in [0.5, 0.6) is 17.2 Å². The molecule has 0 saturated carbocycles. The predicted octanol–water partition coefficient (Wildman–Crippen LogP) is 7.71. The number of para-hydroxylation sites is 1. The van der Waals surface area contributed by atoms with Crippen LogP contribution in [-0.4, -0.2) is 45.2 Å². The van der Waals surface area contributed by atoms with Gasteiger partial charge in [0.15, 0.2) is 5.75 Å². The number of hydrogen-bond donors (Lipinski definition) is 0. The standard InChI is InChI=1S/C33H35N5O4/c1-22(2)36-42-30-19-29-28(18-24(30)20-34)31(23-13-15-27(16-14-23)40-26-11-7-6-8-12-26)35-38(29)25-10-9-17-37(21-25)32(39)41-33(3,4)5/h6-8,11-16,18-19,25H,9-10,17,21H2,1-5H3. The molecule has 1 aliphatic rings. The van der Waals surface area contributed by atoms with E-state index in [0.717, 1.165) is 46.5 Å². The molecule has 0 spiro atoms. The lowest BCUT2D eigenvalue weighted by atomic mass is 10.0. The van der Waals surface area contributed by atoms with Crippen LogP contribution in [0.25, 0.3) is 22.2 Å². The highest BCUT2D eigenvalue weighted by molar-refractivity contribution is 5.95. The molecule has 5 rings (SSSR count). The van der Waals surface area contributed by atoms with Crippen LogP contribution in [0, 0.1) is 11.3 Å². The lowest BCUT2D eigenvalue weighted by molar-refractivity contribution is 0.0169. The third-order valence-electron chi connectivity index (χ3n) is 6.76. The van der Waals surface area contributed by atoms with E-state index >= 15 is 0 Å². The van der Waals surface area contributed by atoms with Crippen molar-refractivity contribution in [2.45, 2.75) is 59.1 Å². The van der Waals surface area contributed by atoms with E-state index in [1.165, 1.54) is 0 Å². The van der Waals surface area contributed by atoms with Gasteiger partial charge < -0.3 is 19.2 Å². The van der Waals surface area contributed by atoms with Crippen molar-refractivity contribution in [3.05, 3.63) is 72.3 Å². The van der Waals surface area contributed by atoms with Gasteiger partial charge in [-0.3, -0.25) is 4.68 Å². The summed E-state index contributed by atoms with van der Waals surface area (Å²) in [7, 11) is 0. The van der Waals surface area contributed by atoms with Crippen LogP contribution < -0.4 is 9.57 Å². The lowest BCUT2D eigenvalue weighted by Crippen LogP contribution is -2.43. The maximum atomic E-state index is 12.9. The van der Waals surface area contributed by atoms with Gasteiger partial charge in [-0.15, -0.1) is 0 Å². The third-order valence-corrected chi connectivity index (χ3v) is 6.76. The first-order valence-corrected chi connectivity index (χ1v) is 14.1. The highest BCUT2D eigenvalue weighted by Crippen LogP contribution is 2.37. The molecule has 1 amide bonds. The number of carbonyl (C=O) groups excluding carboxylic acids is 1. The molecule has 9 nitrogen and oxygen atoms in total. The molecule has 1 saturated heterocycles. The van der Waals surface area contributed by atoms with E-state index in [0.29, 0.717) is 30.2 Å². The molecular weight excluding hydrogens is 530 g/mol. The van der Waals surface area contributed by atoms with Crippen molar-refractivity contribution < 1.29 is 19.1 Å². The van der Waals surface area contributed by atoms with Crippen LogP contribution in [0.4, 0.5) is 4.79 Å². The fourth-order valence-corrected chi connectivity index (χ4v) is 4.91. The van der Waals surface area contributed by atoms with Crippen LogP contribution in [0.3, 0.4) is 0 Å². The van der Waals surface area contributed by atoms with E-state index in [1.807, 2.05) is 100.0 Å². The first kappa shape index (κ1) is 28.7. The zero-order valence-corrected chi connectivity index (χ0v) is 24.6. The summed E-state index contributed by atoms with van der Waals surface area (Å²) in [6.45, 7) is 10.3. The molecule has 1 fully saturated rings. The minimum absolute atomic E-state index is 0.0968. The Balaban J connectivity index is 1.55. The number of nitrogens with zero attached hydrogens (tertiary/aromatic N) is 5. The molecule has 1 atom stereocenters. The fourth-order valence-electron chi connectivity index (χ4n) is 4.91. The quantitative estimate of drug-likeness (QED) is 0.175. The van der Waals surface area contributed by atoms with Gasteiger partial charge in [0.1, 0.15) is 28.9 Å². The van der Waals surface area contributed by atoms with Gasteiger partial charge in [0.05, 0.1) is 22.8 Å². The number of aromatic nitrogens is 2. The van der Waals surface area contributed by atoms with Crippen LogP contribution >= 0.6 is 0 Å². The van der Waals surface area contributed by atoms with E-state index in [2.05, 4.69) is 11.2 Å². The Labute approximate surface area is 245 Å². The van der Waals surface area contributed by atoms with Gasteiger partial charge in [0.2, 0.25) is 0 Å². The smallest absolute Gasteiger partial charge is 0.410 e. The molecule has 4 aromatic rings. The zero-order valence-electron chi connectivity index (χ0n) is 24.6. The van der Waals surface area contributed by atoms with E-state index in [4.69, 9.17) is 19.4 Å². The number of oxime groups is 1. The SMILES string of the molecule is CC(C)=NOc1cc2c(cc1C#N)c(-c1ccc(Oc3ccccc3)cc1)nn2C1CCCN(C(=O)OC(C)(C)C)C1. The fraction of sp³-hybridized carbons (Fsp3) is 0.333. The van der Waals surface area contributed by atoms with E-state index in [9.17, 15) is 10.1 Å². The molecule has 1 unspecified atom stereocenters. The third kappa shape index (κ3) is 6.55. The molecule has 3 aromatic carbocycles. The largest absolute Gasteiger partial charge is 0.457 e.